The molecule has 0 saturated carbocycles. The summed E-state index contributed by atoms with van der Waals surface area (Å²) in [5, 5.41) is 2.63. The fourth-order valence-corrected chi connectivity index (χ4v) is 4.34. The van der Waals surface area contributed by atoms with Crippen LogP contribution in [0.3, 0.4) is 0 Å². The molecular formula is C20H15BrF2N2O3S. The second kappa shape index (κ2) is 8.71. The van der Waals surface area contributed by atoms with E-state index in [1.165, 1.54) is 12.1 Å². The van der Waals surface area contributed by atoms with Crippen LogP contribution >= 0.6 is 15.9 Å². The number of sulfonamides is 1. The van der Waals surface area contributed by atoms with Crippen molar-refractivity contribution in [3.8, 4) is 0 Å². The lowest BCUT2D eigenvalue weighted by Gasteiger charge is -2.24. The molecule has 0 aliphatic rings. The van der Waals surface area contributed by atoms with Crippen LogP contribution in [0.2, 0.25) is 0 Å². The number of hydrogen-bond donors (Lipinski definition) is 1. The van der Waals surface area contributed by atoms with E-state index in [1.807, 2.05) is 0 Å². The standard InChI is InChI=1S/C20H15BrF2N2O3S/c21-18-3-1-2-4-19(18)24-20(26)13-25(16-9-5-14(22)6-10-16)29(27,28)17-11-7-15(23)8-12-17/h1-12H,13H2,(H,24,26). The fourth-order valence-electron chi connectivity index (χ4n) is 2.54. The van der Waals surface area contributed by atoms with Crippen molar-refractivity contribution in [3.63, 3.8) is 0 Å². The highest BCUT2D eigenvalue weighted by atomic mass is 79.9. The molecule has 0 aliphatic carbocycles. The van der Waals surface area contributed by atoms with Gasteiger partial charge in [0.25, 0.3) is 10.0 Å². The van der Waals surface area contributed by atoms with E-state index < -0.39 is 34.1 Å². The molecule has 3 aromatic carbocycles. The van der Waals surface area contributed by atoms with Crippen LogP contribution in [-0.4, -0.2) is 20.9 Å². The maximum Gasteiger partial charge on any atom is 0.264 e. The van der Waals surface area contributed by atoms with E-state index in [2.05, 4.69) is 21.2 Å². The molecule has 3 aromatic rings. The quantitative estimate of drug-likeness (QED) is 0.562. The zero-order valence-corrected chi connectivity index (χ0v) is 17.3. The molecule has 0 saturated heterocycles. The number of carbonyl (C=O) groups is 1. The lowest BCUT2D eigenvalue weighted by atomic mass is 10.3. The summed E-state index contributed by atoms with van der Waals surface area (Å²) >= 11 is 3.30. The Bertz CT molecular complexity index is 1120. The van der Waals surface area contributed by atoms with Gasteiger partial charge in [0.15, 0.2) is 0 Å². The van der Waals surface area contributed by atoms with Crippen molar-refractivity contribution in [3.05, 3.63) is 88.9 Å². The van der Waals surface area contributed by atoms with E-state index in [0.29, 0.717) is 10.2 Å². The molecule has 0 spiro atoms. The monoisotopic (exact) mass is 480 g/mol. The Hall–Kier alpha value is -2.78. The van der Waals surface area contributed by atoms with Crippen LogP contribution in [0.4, 0.5) is 20.2 Å². The molecule has 29 heavy (non-hydrogen) atoms. The summed E-state index contributed by atoms with van der Waals surface area (Å²) in [5.41, 5.74) is 0.564. The van der Waals surface area contributed by atoms with E-state index in [4.69, 9.17) is 0 Å². The molecule has 0 bridgehead atoms. The summed E-state index contributed by atoms with van der Waals surface area (Å²) < 4.78 is 54.2. The van der Waals surface area contributed by atoms with Crippen LogP contribution in [0.1, 0.15) is 0 Å². The van der Waals surface area contributed by atoms with Crippen molar-refractivity contribution < 1.29 is 22.0 Å². The molecule has 9 heteroatoms. The van der Waals surface area contributed by atoms with Gasteiger partial charge in [-0.1, -0.05) is 12.1 Å². The molecule has 5 nitrogen and oxygen atoms in total. The average Bonchev–Trinajstić information content (AvgIpc) is 2.69. The first-order valence-electron chi connectivity index (χ1n) is 8.35. The molecule has 150 valence electrons. The molecule has 1 N–H and O–H groups in total. The molecule has 0 aromatic heterocycles. The second-order valence-electron chi connectivity index (χ2n) is 5.97. The van der Waals surface area contributed by atoms with Gasteiger partial charge in [-0.2, -0.15) is 0 Å². The predicted molar refractivity (Wildman–Crippen MR) is 110 cm³/mol. The van der Waals surface area contributed by atoms with E-state index in [1.54, 1.807) is 24.3 Å². The van der Waals surface area contributed by atoms with Gasteiger partial charge >= 0.3 is 0 Å². The first-order chi connectivity index (χ1) is 13.8. The van der Waals surface area contributed by atoms with Gasteiger partial charge in [0, 0.05) is 4.47 Å². The Morgan fingerprint density at radius 1 is 0.897 bits per heavy atom. The zero-order valence-electron chi connectivity index (χ0n) is 14.8. The minimum atomic E-state index is -4.21. The molecule has 3 rings (SSSR count). The zero-order chi connectivity index (χ0) is 21.0. The molecule has 1 amide bonds. The third-order valence-corrected chi connectivity index (χ3v) is 6.43. The van der Waals surface area contributed by atoms with Crippen molar-refractivity contribution in [2.45, 2.75) is 4.90 Å². The van der Waals surface area contributed by atoms with Crippen LogP contribution in [0.25, 0.3) is 0 Å². The molecule has 0 fully saturated rings. The Morgan fingerprint density at radius 2 is 1.45 bits per heavy atom. The molecule has 0 radical (unpaired) electrons. The molecule has 0 aliphatic heterocycles. The van der Waals surface area contributed by atoms with E-state index in [9.17, 15) is 22.0 Å². The molecule has 0 heterocycles. The number of nitrogens with one attached hydrogen (secondary N) is 1. The van der Waals surface area contributed by atoms with Crippen LogP contribution in [-0.2, 0) is 14.8 Å². The SMILES string of the molecule is O=C(CN(c1ccc(F)cc1)S(=O)(=O)c1ccc(F)cc1)Nc1ccccc1Br. The predicted octanol–water partition coefficient (Wildman–Crippen LogP) is 4.56. The topological polar surface area (TPSA) is 66.5 Å². The summed E-state index contributed by atoms with van der Waals surface area (Å²) in [6.07, 6.45) is 0. The number of nitrogens with zero attached hydrogens (tertiary/aromatic N) is 1. The minimum Gasteiger partial charge on any atom is -0.323 e. The van der Waals surface area contributed by atoms with Gasteiger partial charge in [0.1, 0.15) is 18.2 Å². The lowest BCUT2D eigenvalue weighted by molar-refractivity contribution is -0.114. The molecular weight excluding hydrogens is 466 g/mol. The van der Waals surface area contributed by atoms with Gasteiger partial charge in [-0.05, 0) is 76.6 Å². The number of amides is 1. The minimum absolute atomic E-state index is 0.0954. The van der Waals surface area contributed by atoms with Gasteiger partial charge < -0.3 is 5.32 Å². The molecule has 0 unspecified atom stereocenters. The maximum absolute atomic E-state index is 13.3. The third-order valence-electron chi connectivity index (χ3n) is 3.95. The number of anilines is 2. The maximum atomic E-state index is 13.3. The van der Waals surface area contributed by atoms with Crippen molar-refractivity contribution in [2.75, 3.05) is 16.2 Å². The van der Waals surface area contributed by atoms with Crippen LogP contribution < -0.4 is 9.62 Å². The van der Waals surface area contributed by atoms with Crippen molar-refractivity contribution in [2.24, 2.45) is 0 Å². The van der Waals surface area contributed by atoms with Gasteiger partial charge in [-0.25, -0.2) is 17.2 Å². The van der Waals surface area contributed by atoms with Crippen LogP contribution in [0.15, 0.2) is 82.2 Å². The van der Waals surface area contributed by atoms with Crippen LogP contribution in [0, 0.1) is 11.6 Å². The highest BCUT2D eigenvalue weighted by Crippen LogP contribution is 2.25. The first kappa shape index (κ1) is 20.9. The number of carbonyl (C=O) groups excluding carboxylic acids is 1. The Kier molecular flexibility index (Phi) is 6.29. The average molecular weight is 481 g/mol. The van der Waals surface area contributed by atoms with Gasteiger partial charge in [0.2, 0.25) is 5.91 Å². The number of halogens is 3. The smallest absolute Gasteiger partial charge is 0.264 e. The van der Waals surface area contributed by atoms with Crippen LogP contribution in [0.5, 0.6) is 0 Å². The Labute approximate surface area is 175 Å². The first-order valence-corrected chi connectivity index (χ1v) is 10.6. The fraction of sp³-hybridized carbons (Fsp3) is 0.0500. The summed E-state index contributed by atoms with van der Waals surface area (Å²) in [6, 6.07) is 15.8. The Balaban J connectivity index is 1.95. The number of para-hydroxylation sites is 1. The summed E-state index contributed by atoms with van der Waals surface area (Å²) in [6.45, 7) is -0.563. The Morgan fingerprint density at radius 3 is 2.03 bits per heavy atom. The number of rotatable bonds is 6. The van der Waals surface area contributed by atoms with Gasteiger partial charge in [-0.15, -0.1) is 0 Å². The van der Waals surface area contributed by atoms with Crippen molar-refractivity contribution in [1.82, 2.24) is 0 Å². The van der Waals surface area contributed by atoms with E-state index >= 15 is 0 Å². The summed E-state index contributed by atoms with van der Waals surface area (Å²) in [7, 11) is -4.21. The summed E-state index contributed by atoms with van der Waals surface area (Å²) in [4.78, 5) is 12.4. The number of hydrogen-bond acceptors (Lipinski definition) is 3. The largest absolute Gasteiger partial charge is 0.323 e. The van der Waals surface area contributed by atoms with Crippen molar-refractivity contribution >= 4 is 43.2 Å². The molecule has 0 atom stereocenters. The normalized spacial score (nSPS) is 11.1. The highest BCUT2D eigenvalue weighted by Gasteiger charge is 2.27. The van der Waals surface area contributed by atoms with E-state index in [0.717, 1.165) is 40.7 Å². The third kappa shape index (κ3) is 4.99. The van der Waals surface area contributed by atoms with Gasteiger partial charge in [0.05, 0.1) is 16.3 Å². The lowest BCUT2D eigenvalue weighted by Crippen LogP contribution is -2.38. The van der Waals surface area contributed by atoms with Gasteiger partial charge in [-0.3, -0.25) is 9.10 Å². The highest BCUT2D eigenvalue weighted by molar-refractivity contribution is 9.10. The second-order valence-corrected chi connectivity index (χ2v) is 8.69. The van der Waals surface area contributed by atoms with Crippen molar-refractivity contribution in [1.29, 1.82) is 0 Å². The van der Waals surface area contributed by atoms with E-state index in [-0.39, 0.29) is 10.6 Å². The summed E-state index contributed by atoms with van der Waals surface area (Å²) in [5.74, 6) is -1.75. The number of benzene rings is 3.